The molecular weight excluding hydrogens is 481 g/mol. The number of nitrogens with one attached hydrogen (secondary N) is 2. The maximum Gasteiger partial charge on any atom is 0.336 e. The Morgan fingerprint density at radius 1 is 1.15 bits per heavy atom. The fourth-order valence-corrected chi connectivity index (χ4v) is 4.81. The Morgan fingerprint density at radius 2 is 1.85 bits per heavy atom. The second-order valence-corrected chi connectivity index (χ2v) is 9.01. The molecule has 0 radical (unpaired) electrons. The van der Waals surface area contributed by atoms with Gasteiger partial charge in [0.2, 0.25) is 5.91 Å². The lowest BCUT2D eigenvalue weighted by Gasteiger charge is -2.29. The van der Waals surface area contributed by atoms with Crippen molar-refractivity contribution in [2.24, 2.45) is 0 Å². The Labute approximate surface area is 206 Å². The highest BCUT2D eigenvalue weighted by atomic mass is 35.5. The number of dihydropyridines is 1. The second-order valence-electron chi connectivity index (χ2n) is 7.21. The van der Waals surface area contributed by atoms with Crippen LogP contribution in [-0.4, -0.2) is 24.7 Å². The first kappa shape index (κ1) is 24.7. The molecular formula is C24H21Cl2N3O3S. The molecule has 1 unspecified atom stereocenters. The van der Waals surface area contributed by atoms with Crippen LogP contribution in [0.5, 0.6) is 0 Å². The van der Waals surface area contributed by atoms with Crippen LogP contribution in [0.15, 0.2) is 64.3 Å². The number of hydrogen-bond acceptors (Lipinski definition) is 6. The van der Waals surface area contributed by atoms with Crippen molar-refractivity contribution in [3.8, 4) is 6.07 Å². The van der Waals surface area contributed by atoms with Crippen LogP contribution in [0.25, 0.3) is 0 Å². The molecule has 1 atom stereocenters. The number of carbonyl (C=O) groups is 2. The van der Waals surface area contributed by atoms with Gasteiger partial charge in [-0.05, 0) is 43.2 Å². The fraction of sp³-hybridized carbons (Fsp3) is 0.208. The molecule has 170 valence electrons. The minimum Gasteiger partial charge on any atom is -0.466 e. The molecule has 0 saturated carbocycles. The summed E-state index contributed by atoms with van der Waals surface area (Å²) in [4.78, 5) is 25.2. The molecule has 0 aliphatic carbocycles. The predicted octanol–water partition coefficient (Wildman–Crippen LogP) is 5.54. The van der Waals surface area contributed by atoms with Crippen molar-refractivity contribution in [3.05, 3.63) is 85.5 Å². The minimum atomic E-state index is -0.724. The molecule has 0 spiro atoms. The smallest absolute Gasteiger partial charge is 0.336 e. The van der Waals surface area contributed by atoms with E-state index in [2.05, 4.69) is 16.7 Å². The van der Waals surface area contributed by atoms with Gasteiger partial charge in [0.25, 0.3) is 0 Å². The number of esters is 1. The normalized spacial score (nSPS) is 15.6. The summed E-state index contributed by atoms with van der Waals surface area (Å²) in [7, 11) is 1.29. The molecule has 1 aliphatic heterocycles. The van der Waals surface area contributed by atoms with Crippen LogP contribution in [-0.2, 0) is 14.3 Å². The number of nitrogens with zero attached hydrogens (tertiary/aromatic N) is 1. The van der Waals surface area contributed by atoms with Crippen LogP contribution in [0.2, 0.25) is 10.0 Å². The Kier molecular flexibility index (Phi) is 8.09. The van der Waals surface area contributed by atoms with Crippen molar-refractivity contribution in [2.45, 2.75) is 19.8 Å². The molecule has 2 aromatic rings. The first-order valence-electron chi connectivity index (χ1n) is 9.91. The van der Waals surface area contributed by atoms with Gasteiger partial charge in [-0.1, -0.05) is 59.2 Å². The zero-order valence-corrected chi connectivity index (χ0v) is 20.5. The van der Waals surface area contributed by atoms with E-state index in [9.17, 15) is 14.9 Å². The lowest BCUT2D eigenvalue weighted by molar-refractivity contribution is -0.136. The van der Waals surface area contributed by atoms with E-state index in [4.69, 9.17) is 27.9 Å². The summed E-state index contributed by atoms with van der Waals surface area (Å²) < 4.78 is 4.97. The molecule has 0 bridgehead atoms. The molecule has 0 fully saturated rings. The van der Waals surface area contributed by atoms with E-state index in [1.165, 1.54) is 18.9 Å². The van der Waals surface area contributed by atoms with Gasteiger partial charge >= 0.3 is 5.97 Å². The number of amides is 1. The zero-order valence-electron chi connectivity index (χ0n) is 18.2. The van der Waals surface area contributed by atoms with Crippen molar-refractivity contribution < 1.29 is 14.3 Å². The third kappa shape index (κ3) is 5.36. The monoisotopic (exact) mass is 501 g/mol. The summed E-state index contributed by atoms with van der Waals surface area (Å²) in [5, 5.41) is 17.4. The molecule has 2 aromatic carbocycles. The summed E-state index contributed by atoms with van der Waals surface area (Å²) in [5.41, 5.74) is 3.10. The topological polar surface area (TPSA) is 91.2 Å². The molecule has 33 heavy (non-hydrogen) atoms. The summed E-state index contributed by atoms with van der Waals surface area (Å²) in [6.07, 6.45) is 0. The number of rotatable bonds is 6. The van der Waals surface area contributed by atoms with Gasteiger partial charge in [0.05, 0.1) is 41.0 Å². The lowest BCUT2D eigenvalue weighted by Crippen LogP contribution is -2.29. The highest BCUT2D eigenvalue weighted by Crippen LogP contribution is 2.43. The molecule has 0 saturated heterocycles. The maximum atomic E-state index is 12.6. The number of allylic oxidation sites excluding steroid dienone is 2. The van der Waals surface area contributed by atoms with Gasteiger partial charge in [0.15, 0.2) is 0 Å². The number of ether oxygens (including phenoxy) is 1. The highest BCUT2D eigenvalue weighted by molar-refractivity contribution is 8.03. The number of halogens is 2. The average molecular weight is 502 g/mol. The van der Waals surface area contributed by atoms with Crippen molar-refractivity contribution in [1.29, 1.82) is 5.26 Å². The van der Waals surface area contributed by atoms with Gasteiger partial charge in [-0.25, -0.2) is 4.79 Å². The first-order chi connectivity index (χ1) is 15.8. The Morgan fingerprint density at radius 3 is 2.52 bits per heavy atom. The number of anilines is 1. The van der Waals surface area contributed by atoms with Gasteiger partial charge in [0.1, 0.15) is 0 Å². The fourth-order valence-electron chi connectivity index (χ4n) is 3.49. The van der Waals surface area contributed by atoms with E-state index >= 15 is 0 Å². The number of benzene rings is 2. The van der Waals surface area contributed by atoms with Crippen molar-refractivity contribution >= 4 is 52.5 Å². The second kappa shape index (κ2) is 10.8. The first-order valence-corrected chi connectivity index (χ1v) is 11.6. The summed E-state index contributed by atoms with van der Waals surface area (Å²) in [6.45, 7) is 3.54. The predicted molar refractivity (Wildman–Crippen MR) is 132 cm³/mol. The quantitative estimate of drug-likeness (QED) is 0.504. The summed E-state index contributed by atoms with van der Waals surface area (Å²) in [5.74, 6) is -1.50. The molecule has 1 aliphatic rings. The SMILES string of the molecule is COC(=O)C1=C(C)NC(SCC(=O)Nc2cccc(Cl)c2C)=C(C#N)C1c1ccccc1Cl. The maximum absolute atomic E-state index is 12.6. The van der Waals surface area contributed by atoms with Crippen LogP contribution < -0.4 is 10.6 Å². The zero-order chi connectivity index (χ0) is 24.1. The van der Waals surface area contributed by atoms with Crippen LogP contribution in [0.4, 0.5) is 5.69 Å². The molecule has 0 aromatic heterocycles. The Balaban J connectivity index is 1.91. The van der Waals surface area contributed by atoms with E-state index in [0.717, 1.165) is 5.56 Å². The summed E-state index contributed by atoms with van der Waals surface area (Å²) >= 11 is 13.7. The van der Waals surface area contributed by atoms with Crippen LogP contribution in [0.3, 0.4) is 0 Å². The number of nitriles is 1. The van der Waals surface area contributed by atoms with Gasteiger partial charge in [-0.15, -0.1) is 0 Å². The number of methoxy groups -OCH3 is 1. The van der Waals surface area contributed by atoms with Gasteiger partial charge in [0, 0.05) is 21.4 Å². The molecule has 9 heteroatoms. The molecule has 1 amide bonds. The van der Waals surface area contributed by atoms with E-state index in [1.807, 2.05) is 6.92 Å². The lowest BCUT2D eigenvalue weighted by atomic mass is 9.82. The van der Waals surface area contributed by atoms with Crippen LogP contribution in [0.1, 0.15) is 24.0 Å². The minimum absolute atomic E-state index is 0.0372. The van der Waals surface area contributed by atoms with Crippen LogP contribution >= 0.6 is 35.0 Å². The highest BCUT2D eigenvalue weighted by Gasteiger charge is 2.36. The molecule has 1 heterocycles. The van der Waals surface area contributed by atoms with Crippen molar-refractivity contribution in [3.63, 3.8) is 0 Å². The van der Waals surface area contributed by atoms with Crippen molar-refractivity contribution in [1.82, 2.24) is 5.32 Å². The van der Waals surface area contributed by atoms with E-state index < -0.39 is 11.9 Å². The number of carbonyl (C=O) groups excluding carboxylic acids is 2. The molecule has 3 rings (SSSR count). The number of thioether (sulfide) groups is 1. The van der Waals surface area contributed by atoms with Crippen LogP contribution in [0, 0.1) is 18.3 Å². The van der Waals surface area contributed by atoms with Crippen molar-refractivity contribution in [2.75, 3.05) is 18.2 Å². The van der Waals surface area contributed by atoms with E-state index in [-0.39, 0.29) is 17.2 Å². The van der Waals surface area contributed by atoms with E-state index in [0.29, 0.717) is 37.6 Å². The average Bonchev–Trinajstić information content (AvgIpc) is 2.80. The number of hydrogen-bond donors (Lipinski definition) is 2. The van der Waals surface area contributed by atoms with Gasteiger partial charge in [-0.3, -0.25) is 4.79 Å². The molecule has 6 nitrogen and oxygen atoms in total. The standard InChI is InChI=1S/C24H21Cl2N3O3S/c1-13-17(25)9-6-10-19(13)29-20(30)12-33-23-16(11-27)22(15-7-4-5-8-18(15)26)21(14(2)28-23)24(31)32-3/h4-10,22,28H,12H2,1-3H3,(H,29,30). The summed E-state index contributed by atoms with van der Waals surface area (Å²) in [6, 6.07) is 14.5. The van der Waals surface area contributed by atoms with Gasteiger partial charge in [-0.2, -0.15) is 5.26 Å². The molecule has 2 N–H and O–H groups in total. The largest absolute Gasteiger partial charge is 0.466 e. The third-order valence-electron chi connectivity index (χ3n) is 5.16. The Hall–Kier alpha value is -2.92. The van der Waals surface area contributed by atoms with E-state index in [1.54, 1.807) is 49.4 Å². The van der Waals surface area contributed by atoms with Gasteiger partial charge < -0.3 is 15.4 Å². The third-order valence-corrected chi connectivity index (χ3v) is 6.93. The Bertz CT molecular complexity index is 1220.